The van der Waals surface area contributed by atoms with Crippen molar-refractivity contribution in [2.75, 3.05) is 38.8 Å². The van der Waals surface area contributed by atoms with Crippen LogP contribution in [0.3, 0.4) is 0 Å². The van der Waals surface area contributed by atoms with Gasteiger partial charge in [0.2, 0.25) is 0 Å². The highest BCUT2D eigenvalue weighted by atomic mass is 35.5. The molecule has 42 heavy (non-hydrogen) atoms. The standard InChI is InChI=1S/C6H11N3.C6H9NO.C5H10N4.C5H10O2.C4H9NO2.2ClH/c1-2-3-5-4-6(7)9-8-5;1-2-3-6(8)4-5-7;6-2-1-4-3-5(7)9-8-4;1-3-4-5(6)7-2;1-7-4(6)2-3-5;;/h4H,2-3H2,1H3,(H3,7,8,9);2-4H2,1H3;3H,1-2,6H2,(H3,7,8,9);3-4H2,1-2H3;2-3,5H2,1H3;2*1H. The summed E-state index contributed by atoms with van der Waals surface area (Å²) in [5.74, 6) is 0.789. The van der Waals surface area contributed by atoms with Crippen LogP contribution < -0.4 is 22.9 Å². The van der Waals surface area contributed by atoms with Gasteiger partial charge in [0.15, 0.2) is 0 Å². The van der Waals surface area contributed by atoms with Crippen LogP contribution in [0.25, 0.3) is 0 Å². The number of aryl methyl sites for hydroxylation is 1. The van der Waals surface area contributed by atoms with Gasteiger partial charge >= 0.3 is 11.9 Å². The zero-order valence-corrected chi connectivity index (χ0v) is 27.1. The zero-order chi connectivity index (χ0) is 31.2. The Morgan fingerprint density at radius 1 is 0.786 bits per heavy atom. The number of aromatic nitrogens is 4. The number of carbonyl (C=O) groups is 3. The topological polar surface area (TPSA) is 255 Å². The fraction of sp³-hybridized carbons (Fsp3) is 0.615. The van der Waals surface area contributed by atoms with Gasteiger partial charge in [-0.1, -0.05) is 27.2 Å². The van der Waals surface area contributed by atoms with Gasteiger partial charge in [0.25, 0.3) is 0 Å². The number of ether oxygens (including phenoxy) is 2. The van der Waals surface area contributed by atoms with Crippen LogP contribution in [0.15, 0.2) is 12.1 Å². The number of rotatable bonds is 11. The van der Waals surface area contributed by atoms with Crippen molar-refractivity contribution >= 4 is 54.2 Å². The van der Waals surface area contributed by atoms with E-state index in [2.05, 4.69) is 36.8 Å². The van der Waals surface area contributed by atoms with Crippen LogP contribution in [-0.4, -0.2) is 65.4 Å². The molecule has 10 N–H and O–H groups in total. The van der Waals surface area contributed by atoms with Crippen LogP contribution in [0.1, 0.15) is 77.1 Å². The maximum atomic E-state index is 10.4. The highest BCUT2D eigenvalue weighted by molar-refractivity contribution is 5.85. The van der Waals surface area contributed by atoms with Crippen molar-refractivity contribution in [1.82, 2.24) is 20.4 Å². The third kappa shape index (κ3) is 34.6. The lowest BCUT2D eigenvalue weighted by Crippen LogP contribution is -2.08. The molecule has 0 fully saturated rings. The van der Waals surface area contributed by atoms with E-state index in [1.54, 1.807) is 12.1 Å². The second-order valence-corrected chi connectivity index (χ2v) is 7.99. The third-order valence-electron chi connectivity index (χ3n) is 4.30. The maximum absolute atomic E-state index is 10.4. The van der Waals surface area contributed by atoms with Gasteiger partial charge in [-0.05, 0) is 25.8 Å². The van der Waals surface area contributed by atoms with E-state index >= 15 is 0 Å². The predicted molar refractivity (Wildman–Crippen MR) is 170 cm³/mol. The number of methoxy groups -OCH3 is 2. The van der Waals surface area contributed by atoms with E-state index in [0.29, 0.717) is 44.0 Å². The summed E-state index contributed by atoms with van der Waals surface area (Å²) < 4.78 is 8.62. The van der Waals surface area contributed by atoms with E-state index in [1.807, 2.05) is 19.9 Å². The predicted octanol–water partition coefficient (Wildman–Crippen LogP) is 3.02. The molecule has 244 valence electrons. The number of nitrogens with two attached hydrogens (primary N) is 4. The number of carbonyl (C=O) groups excluding carboxylic acids is 3. The molecule has 2 aromatic rings. The Morgan fingerprint density at radius 3 is 1.50 bits per heavy atom. The Balaban J connectivity index is -0.000000135. The van der Waals surface area contributed by atoms with Crippen molar-refractivity contribution in [2.24, 2.45) is 11.5 Å². The van der Waals surface area contributed by atoms with E-state index in [1.165, 1.54) is 14.2 Å². The molecule has 0 aromatic carbocycles. The molecule has 2 heterocycles. The largest absolute Gasteiger partial charge is 0.469 e. The number of nitrogen functional groups attached to an aromatic ring is 2. The third-order valence-corrected chi connectivity index (χ3v) is 4.30. The summed E-state index contributed by atoms with van der Waals surface area (Å²) in [4.78, 5) is 30.7. The van der Waals surface area contributed by atoms with Gasteiger partial charge < -0.3 is 32.4 Å². The molecule has 0 bridgehead atoms. The summed E-state index contributed by atoms with van der Waals surface area (Å²) in [5, 5.41) is 21.1. The van der Waals surface area contributed by atoms with Crippen molar-refractivity contribution in [3.63, 3.8) is 0 Å². The number of ketones is 1. The minimum Gasteiger partial charge on any atom is -0.469 e. The highest BCUT2D eigenvalue weighted by Crippen LogP contribution is 2.02. The summed E-state index contributed by atoms with van der Waals surface area (Å²) in [7, 11) is 2.75. The number of halogens is 2. The van der Waals surface area contributed by atoms with E-state index < -0.39 is 0 Å². The van der Waals surface area contributed by atoms with E-state index in [9.17, 15) is 14.4 Å². The van der Waals surface area contributed by atoms with Gasteiger partial charge in [-0.15, -0.1) is 24.8 Å². The molecule has 16 heteroatoms. The number of aromatic amines is 2. The van der Waals surface area contributed by atoms with E-state index in [0.717, 1.165) is 43.5 Å². The average molecular weight is 641 g/mol. The minimum absolute atomic E-state index is 0. The number of nitrogens with zero attached hydrogens (tertiary/aromatic N) is 3. The van der Waals surface area contributed by atoms with Gasteiger partial charge in [0, 0.05) is 49.3 Å². The summed E-state index contributed by atoms with van der Waals surface area (Å²) in [6.07, 6.45) is 6.16. The lowest BCUT2D eigenvalue weighted by molar-refractivity contribution is -0.141. The summed E-state index contributed by atoms with van der Waals surface area (Å²) in [6, 6.07) is 5.45. The number of nitrogens with one attached hydrogen (secondary N) is 2. The van der Waals surface area contributed by atoms with E-state index in [4.69, 9.17) is 28.2 Å². The van der Waals surface area contributed by atoms with Gasteiger partial charge in [0.1, 0.15) is 17.4 Å². The number of hydrogen-bond donors (Lipinski definition) is 6. The number of hydrogen-bond acceptors (Lipinski definition) is 12. The number of H-pyrrole nitrogens is 2. The first-order valence-corrected chi connectivity index (χ1v) is 13.1. The molecule has 2 aromatic heterocycles. The van der Waals surface area contributed by atoms with Gasteiger partial charge in [0.05, 0.1) is 33.1 Å². The zero-order valence-electron chi connectivity index (χ0n) is 25.4. The molecule has 0 saturated heterocycles. The SMILES string of the molecule is CCCC(=O)CC#N.CCCC(=O)OC.CCCc1cc(N)n[nH]1.COC(=O)CCN.Cl.Cl.NCCc1cc(N)n[nH]1. The van der Waals surface area contributed by atoms with Gasteiger partial charge in [-0.3, -0.25) is 24.6 Å². The van der Waals surface area contributed by atoms with Crippen molar-refractivity contribution in [3.05, 3.63) is 23.5 Å². The first kappa shape index (κ1) is 48.4. The maximum Gasteiger partial charge on any atom is 0.306 e. The molecule has 0 saturated carbocycles. The Kier molecular flexibility index (Phi) is 41.0. The Bertz CT molecular complexity index is 890. The Hall–Kier alpha value is -3.38. The molecule has 0 aliphatic carbocycles. The molecule has 0 aliphatic heterocycles. The monoisotopic (exact) mass is 639 g/mol. The second-order valence-electron chi connectivity index (χ2n) is 7.99. The van der Waals surface area contributed by atoms with Crippen molar-refractivity contribution in [2.45, 2.75) is 78.6 Å². The molecule has 0 spiro atoms. The average Bonchev–Trinajstić information content (AvgIpc) is 3.53. The minimum atomic E-state index is -0.248. The van der Waals surface area contributed by atoms with Crippen LogP contribution in [0.2, 0.25) is 0 Å². The molecule has 2 rings (SSSR count). The summed E-state index contributed by atoms with van der Waals surface area (Å²) in [5.41, 5.74) is 23.1. The Morgan fingerprint density at radius 2 is 1.24 bits per heavy atom. The van der Waals surface area contributed by atoms with Gasteiger partial charge in [-0.25, -0.2) is 0 Å². The van der Waals surface area contributed by atoms with Gasteiger partial charge in [-0.2, -0.15) is 15.5 Å². The number of Topliss-reactive ketones (excluding diaryl/α,β-unsaturated/α-hetero) is 1. The summed E-state index contributed by atoms with van der Waals surface area (Å²) >= 11 is 0. The fourth-order valence-corrected chi connectivity index (χ4v) is 2.42. The number of esters is 2. The first-order valence-electron chi connectivity index (χ1n) is 13.1. The lowest BCUT2D eigenvalue weighted by atomic mass is 10.2. The summed E-state index contributed by atoms with van der Waals surface area (Å²) in [6.45, 7) is 6.98. The number of anilines is 2. The molecule has 0 unspecified atom stereocenters. The smallest absolute Gasteiger partial charge is 0.306 e. The quantitative estimate of drug-likeness (QED) is 0.194. The van der Waals surface area contributed by atoms with Crippen LogP contribution in [0.4, 0.5) is 11.6 Å². The van der Waals surface area contributed by atoms with Crippen LogP contribution in [0, 0.1) is 11.3 Å². The van der Waals surface area contributed by atoms with Crippen molar-refractivity contribution in [3.8, 4) is 6.07 Å². The Labute approximate surface area is 261 Å². The van der Waals surface area contributed by atoms with Crippen LogP contribution in [-0.2, 0) is 36.7 Å². The molecule has 0 aliphatic rings. The molecule has 0 atom stereocenters. The van der Waals surface area contributed by atoms with Crippen LogP contribution >= 0.6 is 24.8 Å². The van der Waals surface area contributed by atoms with E-state index in [-0.39, 0.29) is 49.0 Å². The molecule has 0 amide bonds. The fourth-order valence-electron chi connectivity index (χ4n) is 2.42. The molecular weight excluding hydrogens is 589 g/mol. The first-order chi connectivity index (χ1) is 19.1. The number of nitriles is 1. The highest BCUT2D eigenvalue weighted by Gasteiger charge is 1.96. The van der Waals surface area contributed by atoms with Crippen molar-refractivity contribution in [1.29, 1.82) is 5.26 Å². The second kappa shape index (κ2) is 35.6. The lowest BCUT2D eigenvalue weighted by Gasteiger charge is -1.91. The van der Waals surface area contributed by atoms with Crippen molar-refractivity contribution < 1.29 is 23.9 Å². The molecule has 0 radical (unpaired) electrons. The van der Waals surface area contributed by atoms with Crippen LogP contribution in [0.5, 0.6) is 0 Å². The normalized spacial score (nSPS) is 8.52. The molecule has 14 nitrogen and oxygen atoms in total. The molecular formula is C26H51Cl2N9O5.